The number of anilines is 2. The van der Waals surface area contributed by atoms with Crippen molar-refractivity contribution in [2.75, 3.05) is 12.4 Å². The standard InChI is InChI=1S/C17H16F3N5O2S/c1-9(2)27-13-8-22-11(7-10(13)17(18,19)20)14-23-16(28-25-14)24-15-12(26-3)5-4-6-21-15/h4-9H,1-3H3,(H,21,23,24,25). The minimum Gasteiger partial charge on any atom is -0.493 e. The first-order valence-corrected chi connectivity index (χ1v) is 8.89. The summed E-state index contributed by atoms with van der Waals surface area (Å²) in [5, 5.41) is 3.27. The molecule has 0 atom stereocenters. The van der Waals surface area contributed by atoms with E-state index in [4.69, 9.17) is 9.47 Å². The van der Waals surface area contributed by atoms with Gasteiger partial charge in [-0.15, -0.1) is 0 Å². The van der Waals surface area contributed by atoms with Gasteiger partial charge in [0.25, 0.3) is 0 Å². The lowest BCUT2D eigenvalue weighted by Crippen LogP contribution is -2.13. The summed E-state index contributed by atoms with van der Waals surface area (Å²) in [4.78, 5) is 12.3. The topological polar surface area (TPSA) is 82.0 Å². The van der Waals surface area contributed by atoms with Crippen molar-refractivity contribution < 1.29 is 22.6 Å². The molecule has 7 nitrogen and oxygen atoms in total. The third kappa shape index (κ3) is 4.47. The maximum Gasteiger partial charge on any atom is 0.420 e. The number of ether oxygens (including phenoxy) is 2. The molecule has 3 rings (SSSR count). The van der Waals surface area contributed by atoms with E-state index < -0.39 is 17.8 Å². The first-order chi connectivity index (χ1) is 13.3. The van der Waals surface area contributed by atoms with E-state index in [9.17, 15) is 13.2 Å². The van der Waals surface area contributed by atoms with E-state index in [1.165, 1.54) is 7.11 Å². The maximum absolute atomic E-state index is 13.4. The first-order valence-electron chi connectivity index (χ1n) is 8.12. The van der Waals surface area contributed by atoms with Gasteiger partial charge in [0.1, 0.15) is 17.0 Å². The van der Waals surface area contributed by atoms with Crippen molar-refractivity contribution >= 4 is 22.5 Å². The van der Waals surface area contributed by atoms with E-state index in [-0.39, 0.29) is 17.3 Å². The molecule has 3 aromatic rings. The summed E-state index contributed by atoms with van der Waals surface area (Å²) >= 11 is 0.966. The van der Waals surface area contributed by atoms with Gasteiger partial charge in [0.2, 0.25) is 5.13 Å². The Morgan fingerprint density at radius 2 is 1.96 bits per heavy atom. The van der Waals surface area contributed by atoms with Gasteiger partial charge in [-0.25, -0.2) is 9.97 Å². The van der Waals surface area contributed by atoms with Crippen molar-refractivity contribution in [3.8, 4) is 23.0 Å². The molecule has 0 saturated carbocycles. The van der Waals surface area contributed by atoms with Crippen LogP contribution in [0.25, 0.3) is 11.5 Å². The second kappa shape index (κ2) is 7.97. The molecule has 0 radical (unpaired) electrons. The summed E-state index contributed by atoms with van der Waals surface area (Å²) in [6.45, 7) is 3.28. The number of alkyl halides is 3. The molecule has 0 aliphatic rings. The van der Waals surface area contributed by atoms with E-state index in [1.807, 2.05) is 0 Å². The van der Waals surface area contributed by atoms with Crippen LogP contribution in [0, 0.1) is 0 Å². The number of pyridine rings is 2. The zero-order chi connectivity index (χ0) is 20.3. The monoisotopic (exact) mass is 411 g/mol. The summed E-state index contributed by atoms with van der Waals surface area (Å²) in [5.74, 6) is 0.631. The molecule has 0 unspecified atom stereocenters. The summed E-state index contributed by atoms with van der Waals surface area (Å²) in [6.07, 6.45) is -2.42. The maximum atomic E-state index is 13.4. The number of rotatable bonds is 6. The van der Waals surface area contributed by atoms with Crippen LogP contribution >= 0.6 is 11.5 Å². The SMILES string of the molecule is COc1cccnc1Nc1nc(-c2cc(C(F)(F)F)c(OC(C)C)cn2)ns1. The van der Waals surface area contributed by atoms with E-state index >= 15 is 0 Å². The summed E-state index contributed by atoms with van der Waals surface area (Å²) in [6, 6.07) is 4.30. The highest BCUT2D eigenvalue weighted by molar-refractivity contribution is 7.09. The van der Waals surface area contributed by atoms with Crippen molar-refractivity contribution in [1.82, 2.24) is 19.3 Å². The first kappa shape index (κ1) is 19.8. The van der Waals surface area contributed by atoms with Gasteiger partial charge in [0.15, 0.2) is 17.4 Å². The number of nitrogens with zero attached hydrogens (tertiary/aromatic N) is 4. The second-order valence-corrected chi connectivity index (χ2v) is 6.58. The average Bonchev–Trinajstić information content (AvgIpc) is 3.09. The molecule has 0 aliphatic carbocycles. The van der Waals surface area contributed by atoms with Gasteiger partial charge >= 0.3 is 6.18 Å². The van der Waals surface area contributed by atoms with E-state index in [1.54, 1.807) is 32.2 Å². The molecule has 28 heavy (non-hydrogen) atoms. The van der Waals surface area contributed by atoms with Gasteiger partial charge in [-0.05, 0) is 32.0 Å². The van der Waals surface area contributed by atoms with E-state index in [2.05, 4.69) is 24.6 Å². The van der Waals surface area contributed by atoms with Crippen LogP contribution in [-0.4, -0.2) is 32.5 Å². The van der Waals surface area contributed by atoms with Crippen LogP contribution in [0.1, 0.15) is 19.4 Å². The molecule has 0 spiro atoms. The normalized spacial score (nSPS) is 11.5. The molecule has 0 saturated heterocycles. The smallest absolute Gasteiger partial charge is 0.420 e. The van der Waals surface area contributed by atoms with Crippen molar-refractivity contribution in [2.45, 2.75) is 26.1 Å². The quantitative estimate of drug-likeness (QED) is 0.637. The summed E-state index contributed by atoms with van der Waals surface area (Å²) in [5.41, 5.74) is -0.942. The fourth-order valence-electron chi connectivity index (χ4n) is 2.26. The number of nitrogens with one attached hydrogen (secondary N) is 1. The Bertz CT molecular complexity index is 962. The zero-order valence-corrected chi connectivity index (χ0v) is 15.9. The zero-order valence-electron chi connectivity index (χ0n) is 15.1. The number of aromatic nitrogens is 4. The van der Waals surface area contributed by atoms with Crippen molar-refractivity contribution in [3.05, 3.63) is 36.2 Å². The van der Waals surface area contributed by atoms with Crippen molar-refractivity contribution in [2.24, 2.45) is 0 Å². The van der Waals surface area contributed by atoms with Gasteiger partial charge in [0, 0.05) is 17.7 Å². The molecule has 0 aromatic carbocycles. The Morgan fingerprint density at radius 1 is 1.18 bits per heavy atom. The van der Waals surface area contributed by atoms with E-state index in [0.717, 1.165) is 23.8 Å². The van der Waals surface area contributed by atoms with Gasteiger partial charge in [-0.1, -0.05) is 0 Å². The van der Waals surface area contributed by atoms with Crippen molar-refractivity contribution in [3.63, 3.8) is 0 Å². The fraction of sp³-hybridized carbons (Fsp3) is 0.294. The molecule has 0 fully saturated rings. The third-order valence-electron chi connectivity index (χ3n) is 3.41. The summed E-state index contributed by atoms with van der Waals surface area (Å²) in [7, 11) is 1.50. The Balaban J connectivity index is 1.90. The highest BCUT2D eigenvalue weighted by Gasteiger charge is 2.35. The molecule has 11 heteroatoms. The largest absolute Gasteiger partial charge is 0.493 e. The van der Waals surface area contributed by atoms with Crippen molar-refractivity contribution in [1.29, 1.82) is 0 Å². The van der Waals surface area contributed by atoms with Crippen LogP contribution < -0.4 is 14.8 Å². The van der Waals surface area contributed by atoms with Crippen LogP contribution in [0.5, 0.6) is 11.5 Å². The predicted molar refractivity (Wildman–Crippen MR) is 98.0 cm³/mol. The molecule has 148 valence electrons. The number of halogens is 3. The van der Waals surface area contributed by atoms with Crippen LogP contribution in [0.4, 0.5) is 24.1 Å². The Kier molecular flexibility index (Phi) is 5.63. The fourth-order valence-corrected chi connectivity index (χ4v) is 2.84. The van der Waals surface area contributed by atoms with Crippen LogP contribution in [0.2, 0.25) is 0 Å². The summed E-state index contributed by atoms with van der Waals surface area (Å²) < 4.78 is 54.7. The molecule has 0 bridgehead atoms. The average molecular weight is 411 g/mol. The lowest BCUT2D eigenvalue weighted by molar-refractivity contribution is -0.139. The molecule has 0 amide bonds. The lowest BCUT2D eigenvalue weighted by atomic mass is 10.2. The Labute approximate surface area is 162 Å². The molecule has 0 aliphatic heterocycles. The van der Waals surface area contributed by atoms with Gasteiger partial charge < -0.3 is 14.8 Å². The van der Waals surface area contributed by atoms with E-state index in [0.29, 0.717) is 16.7 Å². The minimum atomic E-state index is -4.60. The van der Waals surface area contributed by atoms with Crippen LogP contribution in [0.3, 0.4) is 0 Å². The van der Waals surface area contributed by atoms with Gasteiger partial charge in [-0.2, -0.15) is 22.5 Å². The molecular formula is C17H16F3N5O2S. The second-order valence-electron chi connectivity index (χ2n) is 5.83. The Hall–Kier alpha value is -2.95. The number of hydrogen-bond donors (Lipinski definition) is 1. The van der Waals surface area contributed by atoms with Crippen LogP contribution in [0.15, 0.2) is 30.6 Å². The molecular weight excluding hydrogens is 395 g/mol. The number of hydrogen-bond acceptors (Lipinski definition) is 8. The highest BCUT2D eigenvalue weighted by atomic mass is 32.1. The Morgan fingerprint density at radius 3 is 2.64 bits per heavy atom. The molecule has 1 N–H and O–H groups in total. The van der Waals surface area contributed by atoms with Gasteiger partial charge in [0.05, 0.1) is 19.4 Å². The third-order valence-corrected chi connectivity index (χ3v) is 4.04. The molecule has 3 heterocycles. The predicted octanol–water partition coefficient (Wildman–Crippen LogP) is 4.55. The molecule has 3 aromatic heterocycles. The highest BCUT2D eigenvalue weighted by Crippen LogP contribution is 2.38. The van der Waals surface area contributed by atoms with Gasteiger partial charge in [-0.3, -0.25) is 0 Å². The lowest BCUT2D eigenvalue weighted by Gasteiger charge is -2.16. The van der Waals surface area contributed by atoms with Crippen LogP contribution in [-0.2, 0) is 6.18 Å². The minimum absolute atomic E-state index is 0.0132. The number of methoxy groups -OCH3 is 1.